The first-order valence-corrected chi connectivity index (χ1v) is 14.1. The first-order valence-electron chi connectivity index (χ1n) is 14.9. The molecule has 0 saturated heterocycles. The average molecular weight is 584 g/mol. The Kier molecular flexibility index (Phi) is 5.19. The van der Waals surface area contributed by atoms with Gasteiger partial charge in [0.25, 0.3) is 0 Å². The zero-order valence-electron chi connectivity index (χ0n) is 26.9. The molecule has 0 bridgehead atoms. The van der Waals surface area contributed by atoms with Crippen LogP contribution in [0.2, 0.25) is 0 Å². The molecule has 0 amide bonds. The molecule has 0 unspecified atom stereocenters. The Morgan fingerprint density at radius 1 is 0.895 bits per heavy atom. The van der Waals surface area contributed by atoms with Crippen LogP contribution in [0.5, 0.6) is 0 Å². The molecule has 2 aromatic heterocycles. The summed E-state index contributed by atoms with van der Waals surface area (Å²) in [6, 6.07) is 20.2. The molecular weight excluding hydrogens is 546 g/mol. The fraction of sp³-hybridized carbons (Fsp3) is 0.303. The monoisotopic (exact) mass is 584 g/mol. The van der Waals surface area contributed by atoms with Gasteiger partial charge < -0.3 is 0 Å². The number of benzene rings is 3. The molecule has 38 heavy (non-hydrogen) atoms. The molecule has 5 heteroatoms. The van der Waals surface area contributed by atoms with E-state index in [4.69, 9.17) is 11.8 Å². The van der Waals surface area contributed by atoms with Crippen LogP contribution in [0.25, 0.3) is 41.7 Å². The van der Waals surface area contributed by atoms with Crippen molar-refractivity contribution >= 4 is 34.9 Å². The fourth-order valence-electron chi connectivity index (χ4n) is 4.64. The van der Waals surface area contributed by atoms with Crippen molar-refractivity contribution in [2.45, 2.75) is 59.4 Å². The standard InChI is InChI=1S/C33H32F3NSe/c1-20-15-21(19-32(5,6)33(34,35)36)11-12-25(20)28-18-23-13-14-37-29(30(23)38-28)24-16-22-9-7-8-10-26(22)27(17-24)31(2,3)4/h7-18H,19H2,1-6H3/i1D3,19D2. The van der Waals surface area contributed by atoms with Crippen molar-refractivity contribution in [1.82, 2.24) is 4.98 Å². The maximum absolute atomic E-state index is 13.8. The zero-order chi connectivity index (χ0) is 31.8. The first kappa shape index (κ1) is 21.0. The van der Waals surface area contributed by atoms with Crippen LogP contribution in [0.15, 0.2) is 72.9 Å². The van der Waals surface area contributed by atoms with Gasteiger partial charge in [0.05, 0.1) is 0 Å². The van der Waals surface area contributed by atoms with Crippen molar-refractivity contribution in [2.24, 2.45) is 5.41 Å². The molecule has 0 aliphatic rings. The molecule has 196 valence electrons. The van der Waals surface area contributed by atoms with E-state index in [1.807, 2.05) is 24.3 Å². The summed E-state index contributed by atoms with van der Waals surface area (Å²) in [7, 11) is 0. The number of hydrogen-bond acceptors (Lipinski definition) is 1. The maximum atomic E-state index is 13.8. The van der Waals surface area contributed by atoms with E-state index in [-0.39, 0.29) is 31.0 Å². The van der Waals surface area contributed by atoms with Crippen molar-refractivity contribution in [3.05, 3.63) is 89.6 Å². The van der Waals surface area contributed by atoms with Gasteiger partial charge in [0.1, 0.15) is 0 Å². The fourth-order valence-corrected chi connectivity index (χ4v) is 7.17. The van der Waals surface area contributed by atoms with Crippen LogP contribution < -0.4 is 0 Å². The molecular formula is C33H32F3NSe. The number of rotatable bonds is 4. The Bertz CT molecular complexity index is 1850. The average Bonchev–Trinajstić information content (AvgIpc) is 3.35. The Morgan fingerprint density at radius 2 is 1.66 bits per heavy atom. The molecule has 0 saturated carbocycles. The second kappa shape index (κ2) is 9.39. The Morgan fingerprint density at radius 3 is 2.37 bits per heavy atom. The van der Waals surface area contributed by atoms with Gasteiger partial charge in [-0.2, -0.15) is 0 Å². The molecule has 5 aromatic rings. The predicted molar refractivity (Wildman–Crippen MR) is 154 cm³/mol. The van der Waals surface area contributed by atoms with E-state index in [9.17, 15) is 13.2 Å². The molecule has 1 nitrogen and oxygen atoms in total. The first-order chi connectivity index (χ1) is 19.7. The Hall–Kier alpha value is -2.88. The molecule has 3 aromatic carbocycles. The summed E-state index contributed by atoms with van der Waals surface area (Å²) in [5.41, 5.74) is 0.0118. The van der Waals surface area contributed by atoms with Crippen LogP contribution in [0.1, 0.15) is 58.2 Å². The molecule has 0 N–H and O–H groups in total. The summed E-state index contributed by atoms with van der Waals surface area (Å²) < 4.78 is 84.6. The van der Waals surface area contributed by atoms with Gasteiger partial charge in [-0.25, -0.2) is 0 Å². The van der Waals surface area contributed by atoms with Gasteiger partial charge in [-0.3, -0.25) is 0 Å². The van der Waals surface area contributed by atoms with Crippen molar-refractivity contribution in [2.75, 3.05) is 0 Å². The zero-order valence-corrected chi connectivity index (χ0v) is 23.6. The van der Waals surface area contributed by atoms with Gasteiger partial charge in [0.15, 0.2) is 0 Å². The van der Waals surface area contributed by atoms with Gasteiger partial charge in [0.2, 0.25) is 0 Å². The van der Waals surface area contributed by atoms with E-state index < -0.39 is 24.8 Å². The van der Waals surface area contributed by atoms with E-state index in [1.54, 1.807) is 6.20 Å². The normalized spacial score (nSPS) is 15.6. The number of hydrogen-bond donors (Lipinski definition) is 0. The molecule has 0 fully saturated rings. The van der Waals surface area contributed by atoms with Gasteiger partial charge in [-0.1, -0.05) is 0 Å². The van der Waals surface area contributed by atoms with Crippen molar-refractivity contribution < 1.29 is 20.0 Å². The number of pyridine rings is 1. The van der Waals surface area contributed by atoms with E-state index in [2.05, 4.69) is 45.0 Å². The van der Waals surface area contributed by atoms with Crippen LogP contribution in [-0.4, -0.2) is 25.7 Å². The summed E-state index contributed by atoms with van der Waals surface area (Å²) in [4.78, 5) is 4.76. The topological polar surface area (TPSA) is 12.9 Å². The third-order valence-corrected chi connectivity index (χ3v) is 9.33. The molecule has 5 rings (SSSR count). The van der Waals surface area contributed by atoms with Crippen LogP contribution in [0, 0.1) is 12.3 Å². The second-order valence-corrected chi connectivity index (χ2v) is 13.4. The summed E-state index contributed by atoms with van der Waals surface area (Å²) in [5, 5.41) is 3.19. The minimum atomic E-state index is -4.84. The number of alkyl halides is 3. The summed E-state index contributed by atoms with van der Waals surface area (Å²) in [5.74, 6) is 0. The number of aromatic nitrogens is 1. The summed E-state index contributed by atoms with van der Waals surface area (Å²) >= 11 is -0.363. The molecule has 0 aliphatic heterocycles. The van der Waals surface area contributed by atoms with Gasteiger partial charge in [0, 0.05) is 0 Å². The number of aryl methyl sites for hydroxylation is 1. The summed E-state index contributed by atoms with van der Waals surface area (Å²) in [6.07, 6.45) is -5.97. The molecule has 0 aliphatic carbocycles. The van der Waals surface area contributed by atoms with Crippen molar-refractivity contribution in [3.63, 3.8) is 0 Å². The van der Waals surface area contributed by atoms with Gasteiger partial charge >= 0.3 is 236 Å². The molecule has 2 heterocycles. The number of fused-ring (bicyclic) bond motifs is 2. The van der Waals surface area contributed by atoms with Gasteiger partial charge in [-0.15, -0.1) is 0 Å². The van der Waals surface area contributed by atoms with E-state index in [0.29, 0.717) is 5.56 Å². The third-order valence-electron chi connectivity index (χ3n) is 6.83. The minimum absolute atomic E-state index is 0.121. The third kappa shape index (κ3) is 4.95. The Balaban J connectivity index is 1.69. The molecule has 0 radical (unpaired) electrons. The predicted octanol–water partition coefficient (Wildman–Crippen LogP) is 9.52. The SMILES string of the molecule is [2H]C([2H])([2H])c1cc(C([2H])([2H])C(C)(C)C(F)(F)F)ccc1-c1cc2ccnc(-c3cc(C(C)(C)C)c4ccccc4c3)c2[se]1. The second-order valence-electron chi connectivity index (χ2n) is 11.2. The van der Waals surface area contributed by atoms with E-state index >= 15 is 0 Å². The van der Waals surface area contributed by atoms with Crippen molar-refractivity contribution in [3.8, 4) is 21.3 Å². The van der Waals surface area contributed by atoms with Crippen LogP contribution in [-0.2, 0) is 11.8 Å². The molecule has 0 spiro atoms. The van der Waals surface area contributed by atoms with E-state index in [0.717, 1.165) is 50.6 Å². The number of halogens is 3. The van der Waals surface area contributed by atoms with Crippen LogP contribution >= 0.6 is 0 Å². The van der Waals surface area contributed by atoms with E-state index in [1.165, 1.54) is 23.1 Å². The van der Waals surface area contributed by atoms with Crippen LogP contribution in [0.4, 0.5) is 13.2 Å². The molecule has 0 atom stereocenters. The van der Waals surface area contributed by atoms with Crippen LogP contribution in [0.3, 0.4) is 0 Å². The summed E-state index contributed by atoms with van der Waals surface area (Å²) in [6.45, 7) is 5.43. The number of nitrogens with zero attached hydrogens (tertiary/aromatic N) is 1. The van der Waals surface area contributed by atoms with Crippen molar-refractivity contribution in [1.29, 1.82) is 0 Å². The Labute approximate surface area is 235 Å². The quantitative estimate of drug-likeness (QED) is 0.192. The van der Waals surface area contributed by atoms with Gasteiger partial charge in [-0.05, 0) is 0 Å².